The molecule has 0 aliphatic carbocycles. The van der Waals surface area contributed by atoms with Crippen LogP contribution in [0.3, 0.4) is 0 Å². The van der Waals surface area contributed by atoms with E-state index in [1.165, 1.54) is 0 Å². The van der Waals surface area contributed by atoms with Crippen LogP contribution in [0.5, 0.6) is 5.75 Å². The van der Waals surface area contributed by atoms with Gasteiger partial charge in [0.25, 0.3) is 0 Å². The first-order chi connectivity index (χ1) is 25.2. The Morgan fingerprint density at radius 2 is 1.75 bits per heavy atom. The Hall–Kier alpha value is -4.80. The largest absolute Gasteiger partial charge is 0.490 e. The molecule has 1 fully saturated rings. The molecule has 0 saturated carbocycles. The first-order valence-electron chi connectivity index (χ1n) is 18.4. The lowest BCUT2D eigenvalue weighted by molar-refractivity contribution is -0.166. The van der Waals surface area contributed by atoms with Crippen molar-refractivity contribution in [3.8, 4) is 28.1 Å². The second-order valence-electron chi connectivity index (χ2n) is 14.9. The molecule has 2 aromatic carbocycles. The van der Waals surface area contributed by atoms with Crippen molar-refractivity contribution in [3.63, 3.8) is 0 Å². The van der Waals surface area contributed by atoms with Gasteiger partial charge in [-0.1, -0.05) is 30.4 Å². The summed E-state index contributed by atoms with van der Waals surface area (Å²) in [6, 6.07) is 15.5. The first-order valence-corrected chi connectivity index (χ1v) is 18.4. The Labute approximate surface area is 313 Å². The Morgan fingerprint density at radius 3 is 2.40 bits per heavy atom. The predicted molar refractivity (Wildman–Crippen MR) is 210 cm³/mol. The highest BCUT2D eigenvalue weighted by Crippen LogP contribution is 2.40. The number of benzene rings is 2. The lowest BCUT2D eigenvalue weighted by atomic mass is 9.92. The molecule has 10 nitrogen and oxygen atoms in total. The van der Waals surface area contributed by atoms with E-state index in [1.807, 2.05) is 87.7 Å². The molecule has 1 saturated heterocycles. The number of piperidine rings is 1. The number of carbonyl (C=O) groups is 2. The standard InChI is InChI=1S/C43H54N4O6/c1-11-15-28(4)52-36-19-18-31(30(6)48)26-34(36)32-16-14-17-33(25-32)35-27-37-44-29(5)38(39(41(49)50-13-3)53-42(7,8)9)40(47(37)45-35)46-22-20-43(10,21-23-46)51-24-12-2/h11-12,14,16-19,25-28,39H,1-2,13,15,20-24H2,3-10H3/t28-,39-/m0/s1. The SMILES string of the molecule is C=CCOC1(C)CCN(c2c([C@H](OC(C)(C)C)C(=O)OCC)c(C)nc3cc(-c4cccc(-c5cc(C(C)=O)ccc5O[C@@H](C)CC=C)c4)nn23)CC1. The van der Waals surface area contributed by atoms with Gasteiger partial charge in [0.15, 0.2) is 17.5 Å². The molecule has 5 rings (SSSR count). The fraction of sp³-hybridized carbons (Fsp3) is 0.442. The van der Waals surface area contributed by atoms with E-state index in [9.17, 15) is 9.59 Å². The van der Waals surface area contributed by atoms with Crippen molar-refractivity contribution < 1.29 is 28.5 Å². The number of carbonyl (C=O) groups excluding carboxylic acids is 2. The maximum absolute atomic E-state index is 13.7. The van der Waals surface area contributed by atoms with E-state index >= 15 is 0 Å². The third kappa shape index (κ3) is 9.23. The molecule has 0 N–H and O–H groups in total. The summed E-state index contributed by atoms with van der Waals surface area (Å²) in [7, 11) is 0. The van der Waals surface area contributed by atoms with Gasteiger partial charge in [-0.15, -0.1) is 13.2 Å². The van der Waals surface area contributed by atoms with E-state index in [2.05, 4.69) is 25.0 Å². The van der Waals surface area contributed by atoms with Crippen LogP contribution in [0, 0.1) is 6.92 Å². The van der Waals surface area contributed by atoms with Gasteiger partial charge in [0.2, 0.25) is 0 Å². The van der Waals surface area contributed by atoms with E-state index in [4.69, 9.17) is 29.0 Å². The van der Waals surface area contributed by atoms with Crippen molar-refractivity contribution in [3.05, 3.63) is 90.7 Å². The van der Waals surface area contributed by atoms with Gasteiger partial charge < -0.3 is 23.8 Å². The van der Waals surface area contributed by atoms with Crippen LogP contribution in [0.4, 0.5) is 5.82 Å². The molecule has 1 aliphatic rings. The van der Waals surface area contributed by atoms with E-state index in [0.29, 0.717) is 60.0 Å². The van der Waals surface area contributed by atoms with Crippen molar-refractivity contribution in [1.29, 1.82) is 0 Å². The zero-order valence-corrected chi connectivity index (χ0v) is 32.5. The smallest absolute Gasteiger partial charge is 0.340 e. The van der Waals surface area contributed by atoms with Crippen LogP contribution in [0.2, 0.25) is 0 Å². The number of ketones is 1. The summed E-state index contributed by atoms with van der Waals surface area (Å²) >= 11 is 0. The highest BCUT2D eigenvalue weighted by Gasteiger charge is 2.38. The van der Waals surface area contributed by atoms with Gasteiger partial charge in [-0.05, 0) is 98.1 Å². The van der Waals surface area contributed by atoms with Crippen LogP contribution in [-0.2, 0) is 19.0 Å². The van der Waals surface area contributed by atoms with Crippen LogP contribution < -0.4 is 9.64 Å². The lowest BCUT2D eigenvalue weighted by Gasteiger charge is -2.41. The van der Waals surface area contributed by atoms with Crippen LogP contribution in [-0.4, -0.2) is 70.0 Å². The average Bonchev–Trinajstić information content (AvgIpc) is 3.53. The van der Waals surface area contributed by atoms with Gasteiger partial charge in [0.05, 0.1) is 41.8 Å². The molecular weight excluding hydrogens is 668 g/mol. The van der Waals surface area contributed by atoms with Crippen LogP contribution in [0.15, 0.2) is 73.8 Å². The summed E-state index contributed by atoms with van der Waals surface area (Å²) in [4.78, 5) is 33.4. The van der Waals surface area contributed by atoms with Gasteiger partial charge in [-0.3, -0.25) is 4.79 Å². The number of rotatable bonds is 15. The van der Waals surface area contributed by atoms with E-state index in [1.54, 1.807) is 26.0 Å². The van der Waals surface area contributed by atoms with Crippen LogP contribution in [0.25, 0.3) is 28.0 Å². The summed E-state index contributed by atoms with van der Waals surface area (Å²) in [5.74, 6) is 0.917. The number of hydrogen-bond donors (Lipinski definition) is 0. The Kier molecular flexibility index (Phi) is 12.2. The highest BCUT2D eigenvalue weighted by molar-refractivity contribution is 5.96. The second-order valence-corrected chi connectivity index (χ2v) is 14.9. The number of hydrogen-bond acceptors (Lipinski definition) is 9. The number of esters is 1. The molecule has 2 atom stereocenters. The molecule has 4 aromatic rings. The van der Waals surface area contributed by atoms with Crippen molar-refractivity contribution in [2.45, 2.75) is 98.1 Å². The van der Waals surface area contributed by atoms with E-state index < -0.39 is 17.7 Å². The Bertz CT molecular complexity index is 1970. The van der Waals surface area contributed by atoms with Gasteiger partial charge >= 0.3 is 5.97 Å². The predicted octanol–water partition coefficient (Wildman–Crippen LogP) is 8.90. The number of anilines is 1. The molecule has 3 heterocycles. The van der Waals surface area contributed by atoms with Crippen LogP contribution >= 0.6 is 0 Å². The maximum atomic E-state index is 13.7. The molecule has 0 spiro atoms. The zero-order valence-electron chi connectivity index (χ0n) is 32.5. The summed E-state index contributed by atoms with van der Waals surface area (Å²) in [5, 5.41) is 5.17. The normalized spacial score (nSPS) is 15.5. The Balaban J connectivity index is 1.66. The number of fused-ring (bicyclic) bond motifs is 1. The van der Waals surface area contributed by atoms with Gasteiger partial charge in [-0.2, -0.15) is 9.61 Å². The van der Waals surface area contributed by atoms with Crippen LogP contribution in [0.1, 0.15) is 95.4 Å². The number of Topliss-reactive ketones (excluding diaryl/α,β-unsaturated/α-hetero) is 1. The fourth-order valence-electron chi connectivity index (χ4n) is 6.68. The highest BCUT2D eigenvalue weighted by atomic mass is 16.6. The molecule has 0 bridgehead atoms. The number of nitrogens with zero attached hydrogens (tertiary/aromatic N) is 4. The molecular formula is C43H54N4O6. The van der Waals surface area contributed by atoms with Gasteiger partial charge in [0.1, 0.15) is 11.6 Å². The molecule has 1 aliphatic heterocycles. The van der Waals surface area contributed by atoms with Gasteiger partial charge in [0, 0.05) is 48.0 Å². The molecule has 0 unspecified atom stereocenters. The molecule has 10 heteroatoms. The molecule has 53 heavy (non-hydrogen) atoms. The number of aromatic nitrogens is 3. The summed E-state index contributed by atoms with van der Waals surface area (Å²) in [5.41, 5.74) is 4.79. The third-order valence-corrected chi connectivity index (χ3v) is 9.39. The minimum absolute atomic E-state index is 0.0277. The topological polar surface area (TPSA) is 104 Å². The second kappa shape index (κ2) is 16.5. The number of ether oxygens (including phenoxy) is 4. The van der Waals surface area contributed by atoms with E-state index in [-0.39, 0.29) is 24.1 Å². The lowest BCUT2D eigenvalue weighted by Crippen LogP contribution is -2.45. The molecule has 282 valence electrons. The van der Waals surface area contributed by atoms with Crippen molar-refractivity contribution in [2.75, 3.05) is 31.2 Å². The average molecular weight is 723 g/mol. The summed E-state index contributed by atoms with van der Waals surface area (Å²) in [6.45, 7) is 24.8. The molecule has 0 amide bonds. The molecule has 0 radical (unpaired) electrons. The van der Waals surface area contributed by atoms with Gasteiger partial charge in [-0.25, -0.2) is 9.78 Å². The monoisotopic (exact) mass is 722 g/mol. The maximum Gasteiger partial charge on any atom is 0.340 e. The van der Waals surface area contributed by atoms with Crippen molar-refractivity contribution in [1.82, 2.24) is 14.6 Å². The quantitative estimate of drug-likeness (QED) is 0.0676. The van der Waals surface area contributed by atoms with E-state index in [0.717, 1.165) is 35.3 Å². The number of aryl methyl sites for hydroxylation is 1. The summed E-state index contributed by atoms with van der Waals surface area (Å²) in [6.07, 6.45) is 4.69. The zero-order chi connectivity index (χ0) is 38.5. The van der Waals surface area contributed by atoms with Crippen molar-refractivity contribution in [2.24, 2.45) is 0 Å². The summed E-state index contributed by atoms with van der Waals surface area (Å²) < 4.78 is 26.4. The minimum atomic E-state index is -1.03. The fourth-order valence-corrected chi connectivity index (χ4v) is 6.68. The Morgan fingerprint density at radius 1 is 1.04 bits per heavy atom. The van der Waals surface area contributed by atoms with Crippen molar-refractivity contribution >= 4 is 23.2 Å². The first kappa shape index (κ1) is 39.4. The third-order valence-electron chi connectivity index (χ3n) is 9.39. The molecule has 2 aromatic heterocycles. The minimum Gasteiger partial charge on any atom is -0.490 e.